The maximum atomic E-state index is 11.3. The monoisotopic (exact) mass is 321 g/mol. The number of anilines is 1. The van der Waals surface area contributed by atoms with Crippen molar-refractivity contribution in [1.29, 1.82) is 0 Å². The molecule has 0 saturated heterocycles. The zero-order chi connectivity index (χ0) is 13.8. The van der Waals surface area contributed by atoms with Crippen LogP contribution in [0.1, 0.15) is 18.2 Å². The van der Waals surface area contributed by atoms with Gasteiger partial charge in [0.05, 0.1) is 5.71 Å². The smallest absolute Gasteiger partial charge is 0.274 e. The summed E-state index contributed by atoms with van der Waals surface area (Å²) < 4.78 is 1.01. The van der Waals surface area contributed by atoms with E-state index < -0.39 is 0 Å². The van der Waals surface area contributed by atoms with E-state index in [0.29, 0.717) is 5.69 Å². The lowest BCUT2D eigenvalue weighted by Crippen LogP contribution is -2.16. The molecule has 0 bridgehead atoms. The second-order valence-corrected chi connectivity index (χ2v) is 4.82. The number of H-pyrrole nitrogens is 1. The van der Waals surface area contributed by atoms with E-state index in [4.69, 9.17) is 0 Å². The quantitative estimate of drug-likeness (QED) is 0.669. The fraction of sp³-hybridized carbons (Fsp3) is 0.167. The van der Waals surface area contributed by atoms with Crippen LogP contribution in [0.4, 0.5) is 5.95 Å². The Labute approximate surface area is 118 Å². The average molecular weight is 322 g/mol. The predicted molar refractivity (Wildman–Crippen MR) is 77.4 cm³/mol. The van der Waals surface area contributed by atoms with E-state index in [1.807, 2.05) is 31.2 Å². The third kappa shape index (κ3) is 3.47. The molecule has 0 atom stereocenters. The summed E-state index contributed by atoms with van der Waals surface area (Å²) in [6.45, 7) is 3.45. The normalized spacial score (nSPS) is 11.4. The van der Waals surface area contributed by atoms with Gasteiger partial charge in [-0.25, -0.2) is 5.43 Å². The van der Waals surface area contributed by atoms with Crippen LogP contribution in [0.15, 0.2) is 38.6 Å². The number of benzene rings is 1. The van der Waals surface area contributed by atoms with Crippen LogP contribution >= 0.6 is 15.9 Å². The SMILES string of the molecule is C/C(=N/Nc1nnc(C)c(=O)[nH]1)c1ccc(Br)cc1. The molecule has 0 aliphatic carbocycles. The molecule has 0 saturated carbocycles. The molecule has 0 amide bonds. The van der Waals surface area contributed by atoms with Crippen LogP contribution in [0.25, 0.3) is 0 Å². The first-order valence-electron chi connectivity index (χ1n) is 5.56. The van der Waals surface area contributed by atoms with E-state index in [1.165, 1.54) is 0 Å². The van der Waals surface area contributed by atoms with Crippen molar-refractivity contribution in [2.24, 2.45) is 5.10 Å². The molecule has 2 rings (SSSR count). The van der Waals surface area contributed by atoms with Gasteiger partial charge in [-0.05, 0) is 31.5 Å². The molecule has 2 N–H and O–H groups in total. The van der Waals surface area contributed by atoms with Crippen LogP contribution in [0.3, 0.4) is 0 Å². The molecule has 1 heterocycles. The molecule has 2 aromatic rings. The van der Waals surface area contributed by atoms with Crippen LogP contribution < -0.4 is 11.0 Å². The molecule has 0 spiro atoms. The Kier molecular flexibility index (Phi) is 4.06. The average Bonchev–Trinajstić information content (AvgIpc) is 2.40. The molecule has 0 radical (unpaired) electrons. The highest BCUT2D eigenvalue weighted by molar-refractivity contribution is 9.10. The van der Waals surface area contributed by atoms with Crippen molar-refractivity contribution in [3.63, 3.8) is 0 Å². The van der Waals surface area contributed by atoms with E-state index in [2.05, 4.69) is 41.6 Å². The van der Waals surface area contributed by atoms with Crippen LogP contribution in [-0.4, -0.2) is 20.9 Å². The van der Waals surface area contributed by atoms with E-state index >= 15 is 0 Å². The first-order valence-corrected chi connectivity index (χ1v) is 6.35. The summed E-state index contributed by atoms with van der Waals surface area (Å²) >= 11 is 3.37. The number of nitrogens with one attached hydrogen (secondary N) is 2. The van der Waals surface area contributed by atoms with Gasteiger partial charge >= 0.3 is 0 Å². The Morgan fingerprint density at radius 3 is 2.63 bits per heavy atom. The lowest BCUT2D eigenvalue weighted by molar-refractivity contribution is 0.897. The van der Waals surface area contributed by atoms with Gasteiger partial charge in [-0.15, -0.1) is 10.2 Å². The summed E-state index contributed by atoms with van der Waals surface area (Å²) in [6.07, 6.45) is 0. The summed E-state index contributed by atoms with van der Waals surface area (Å²) in [5.41, 5.74) is 4.45. The highest BCUT2D eigenvalue weighted by Gasteiger charge is 2.00. The number of hydrogen-bond acceptors (Lipinski definition) is 5. The lowest BCUT2D eigenvalue weighted by atomic mass is 10.1. The van der Waals surface area contributed by atoms with Crippen LogP contribution in [0.5, 0.6) is 0 Å². The van der Waals surface area contributed by atoms with Gasteiger partial charge in [0.1, 0.15) is 5.69 Å². The number of aryl methyl sites for hydroxylation is 1. The number of hydrogen-bond donors (Lipinski definition) is 2. The molecular weight excluding hydrogens is 310 g/mol. The molecular formula is C12H12BrN5O. The Balaban J connectivity index is 2.15. The van der Waals surface area contributed by atoms with Crippen molar-refractivity contribution in [1.82, 2.24) is 15.2 Å². The minimum atomic E-state index is -0.283. The first-order chi connectivity index (χ1) is 9.06. The van der Waals surface area contributed by atoms with Crippen LogP contribution in [0, 0.1) is 6.92 Å². The number of aromatic nitrogens is 3. The lowest BCUT2D eigenvalue weighted by Gasteiger charge is -2.02. The van der Waals surface area contributed by atoms with Gasteiger partial charge in [-0.1, -0.05) is 28.1 Å². The second-order valence-electron chi connectivity index (χ2n) is 3.90. The number of halogens is 1. The van der Waals surface area contributed by atoms with Gasteiger partial charge in [0.15, 0.2) is 0 Å². The highest BCUT2D eigenvalue weighted by atomic mass is 79.9. The van der Waals surface area contributed by atoms with Crippen LogP contribution in [0.2, 0.25) is 0 Å². The zero-order valence-electron chi connectivity index (χ0n) is 10.4. The minimum absolute atomic E-state index is 0.215. The Morgan fingerprint density at radius 1 is 1.32 bits per heavy atom. The van der Waals surface area contributed by atoms with Gasteiger partial charge in [0.2, 0.25) is 5.95 Å². The third-order valence-corrected chi connectivity index (χ3v) is 2.98. The Hall–Kier alpha value is -2.02. The Morgan fingerprint density at radius 2 is 2.00 bits per heavy atom. The highest BCUT2D eigenvalue weighted by Crippen LogP contribution is 2.11. The molecule has 0 aliphatic rings. The maximum Gasteiger partial charge on any atom is 0.274 e. The summed E-state index contributed by atoms with van der Waals surface area (Å²) in [4.78, 5) is 13.9. The van der Waals surface area contributed by atoms with E-state index in [-0.39, 0.29) is 11.5 Å². The maximum absolute atomic E-state index is 11.3. The first kappa shape index (κ1) is 13.4. The van der Waals surface area contributed by atoms with Crippen molar-refractivity contribution < 1.29 is 0 Å². The molecule has 6 nitrogen and oxygen atoms in total. The molecule has 0 fully saturated rings. The third-order valence-electron chi connectivity index (χ3n) is 2.45. The van der Waals surface area contributed by atoms with Gasteiger partial charge < -0.3 is 0 Å². The largest absolute Gasteiger partial charge is 0.288 e. The molecule has 1 aromatic heterocycles. The van der Waals surface area contributed by atoms with Crippen molar-refractivity contribution in [3.05, 3.63) is 50.3 Å². The fourth-order valence-electron chi connectivity index (χ4n) is 1.34. The standard InChI is InChI=1S/C12H12BrN5O/c1-7(9-3-5-10(13)6-4-9)15-17-12-14-11(19)8(2)16-18-12/h3-6H,1-2H3,(H2,14,17,18,19)/b15-7-. The Bertz CT molecular complexity index is 663. The van der Waals surface area contributed by atoms with Gasteiger partial charge in [-0.3, -0.25) is 9.78 Å². The van der Waals surface area contributed by atoms with Crippen molar-refractivity contribution in [3.8, 4) is 0 Å². The van der Waals surface area contributed by atoms with Crippen molar-refractivity contribution >= 4 is 27.6 Å². The molecule has 98 valence electrons. The molecule has 0 unspecified atom stereocenters. The van der Waals surface area contributed by atoms with Crippen molar-refractivity contribution in [2.45, 2.75) is 13.8 Å². The minimum Gasteiger partial charge on any atom is -0.288 e. The van der Waals surface area contributed by atoms with Gasteiger partial charge in [0, 0.05) is 4.47 Å². The van der Waals surface area contributed by atoms with Gasteiger partial charge in [0.25, 0.3) is 5.56 Å². The predicted octanol–water partition coefficient (Wildman–Crippen LogP) is 2.07. The number of aromatic amines is 1. The molecule has 19 heavy (non-hydrogen) atoms. The zero-order valence-corrected chi connectivity index (χ0v) is 12.0. The summed E-state index contributed by atoms with van der Waals surface area (Å²) in [6, 6.07) is 7.74. The van der Waals surface area contributed by atoms with E-state index in [1.54, 1.807) is 6.92 Å². The van der Waals surface area contributed by atoms with Crippen molar-refractivity contribution in [2.75, 3.05) is 5.43 Å². The van der Waals surface area contributed by atoms with E-state index in [9.17, 15) is 4.79 Å². The summed E-state index contributed by atoms with van der Waals surface area (Å²) in [7, 11) is 0. The summed E-state index contributed by atoms with van der Waals surface area (Å²) in [5, 5.41) is 11.6. The second kappa shape index (κ2) is 5.75. The van der Waals surface area contributed by atoms with E-state index in [0.717, 1.165) is 15.7 Å². The van der Waals surface area contributed by atoms with Crippen LogP contribution in [-0.2, 0) is 0 Å². The fourth-order valence-corrected chi connectivity index (χ4v) is 1.60. The number of rotatable bonds is 3. The topological polar surface area (TPSA) is 83.0 Å². The number of nitrogens with zero attached hydrogens (tertiary/aromatic N) is 3. The molecule has 0 aliphatic heterocycles. The number of hydrazone groups is 1. The van der Waals surface area contributed by atoms with Gasteiger partial charge in [-0.2, -0.15) is 5.10 Å². The summed E-state index contributed by atoms with van der Waals surface area (Å²) in [5.74, 6) is 0.215. The molecule has 1 aromatic carbocycles. The molecule has 7 heteroatoms.